The maximum absolute atomic E-state index is 2.61. The van der Waals surface area contributed by atoms with Crippen LogP contribution in [0.3, 0.4) is 0 Å². The maximum Gasteiger partial charge on any atom is 0.172 e. The van der Waals surface area contributed by atoms with E-state index in [4.69, 9.17) is 0 Å². The molecular weight excluding hydrogens is 525 g/mol. The van der Waals surface area contributed by atoms with Crippen LogP contribution in [-0.4, -0.2) is 16.1 Å². The van der Waals surface area contributed by atoms with Gasteiger partial charge in [0.25, 0.3) is 0 Å². The van der Waals surface area contributed by atoms with Crippen LogP contribution >= 0.6 is 0 Å². The van der Waals surface area contributed by atoms with Crippen molar-refractivity contribution in [1.82, 2.24) is 0 Å². The Morgan fingerprint density at radius 2 is 0.561 bits per heavy atom. The molecule has 6 aromatic rings. The Bertz CT molecular complexity index is 1470. The molecule has 0 aliphatic carbocycles. The predicted molar refractivity (Wildman–Crippen MR) is 182 cm³/mol. The molecule has 0 N–H and O–H groups in total. The second-order valence-electron chi connectivity index (χ2n) is 10.5. The fourth-order valence-electron chi connectivity index (χ4n) is 6.33. The topological polar surface area (TPSA) is 0 Å². The molecule has 198 valence electrons. The van der Waals surface area contributed by atoms with Crippen LogP contribution in [0.1, 0.15) is 0 Å². The standard InChI is InChI=1S/C39H34Si2/c1-7-20-34(21-8-1)40(35-22-9-2-10-23-35,36-24-11-3-12-25-36)32-19-33-41(37-26-13-4-14-27-37,38-28-15-5-16-29-38)39-30-17-6-18-31-39/h1-32H,33H2/b32-19+. The summed E-state index contributed by atoms with van der Waals surface area (Å²) < 4.78 is 0. The lowest BCUT2D eigenvalue weighted by Crippen LogP contribution is -2.67. The number of hydrogen-bond acceptors (Lipinski definition) is 0. The van der Waals surface area contributed by atoms with Crippen LogP contribution < -0.4 is 31.1 Å². The molecular formula is C39H34Si2. The summed E-state index contributed by atoms with van der Waals surface area (Å²) >= 11 is 0. The third-order valence-corrected chi connectivity index (χ3v) is 17.6. The first-order valence-corrected chi connectivity index (χ1v) is 18.6. The summed E-state index contributed by atoms with van der Waals surface area (Å²) in [5, 5.41) is 8.52. The van der Waals surface area contributed by atoms with Crippen LogP contribution in [0, 0.1) is 0 Å². The number of allylic oxidation sites excluding steroid dienone is 1. The second kappa shape index (κ2) is 12.3. The van der Waals surface area contributed by atoms with Gasteiger partial charge in [-0.25, -0.2) is 0 Å². The van der Waals surface area contributed by atoms with Crippen LogP contribution in [0.25, 0.3) is 0 Å². The summed E-state index contributed by atoms with van der Waals surface area (Å²) in [5.41, 5.74) is 2.61. The quantitative estimate of drug-likeness (QED) is 0.164. The minimum atomic E-state index is -2.48. The minimum absolute atomic E-state index is 0.978. The van der Waals surface area contributed by atoms with Gasteiger partial charge in [-0.3, -0.25) is 0 Å². The van der Waals surface area contributed by atoms with Gasteiger partial charge in [-0.2, -0.15) is 0 Å². The molecule has 0 aliphatic heterocycles. The smallest absolute Gasteiger partial charge is 0.0931 e. The Balaban J connectivity index is 1.59. The van der Waals surface area contributed by atoms with Crippen molar-refractivity contribution in [3.63, 3.8) is 0 Å². The van der Waals surface area contributed by atoms with E-state index in [0.29, 0.717) is 0 Å². The molecule has 6 aromatic carbocycles. The van der Waals surface area contributed by atoms with E-state index in [0.717, 1.165) is 6.04 Å². The monoisotopic (exact) mass is 558 g/mol. The third-order valence-electron chi connectivity index (χ3n) is 8.28. The summed E-state index contributed by atoms with van der Waals surface area (Å²) in [6.07, 6.45) is 2.54. The summed E-state index contributed by atoms with van der Waals surface area (Å²) in [6.45, 7) is 0. The van der Waals surface area contributed by atoms with E-state index in [-0.39, 0.29) is 0 Å². The lowest BCUT2D eigenvalue weighted by Gasteiger charge is -2.34. The molecule has 0 amide bonds. The van der Waals surface area contributed by atoms with Crippen LogP contribution in [0.15, 0.2) is 194 Å². The fourth-order valence-corrected chi connectivity index (χ4v) is 15.2. The number of rotatable bonds is 9. The first-order valence-electron chi connectivity index (χ1n) is 14.3. The molecule has 0 fully saturated rings. The molecule has 0 spiro atoms. The van der Waals surface area contributed by atoms with Gasteiger partial charge in [0, 0.05) is 0 Å². The highest BCUT2D eigenvalue weighted by atomic mass is 28.3. The van der Waals surface area contributed by atoms with Crippen molar-refractivity contribution < 1.29 is 0 Å². The van der Waals surface area contributed by atoms with Crippen molar-refractivity contribution in [2.75, 3.05) is 0 Å². The van der Waals surface area contributed by atoms with E-state index in [2.05, 4.69) is 194 Å². The molecule has 0 radical (unpaired) electrons. The average Bonchev–Trinajstić information content (AvgIpc) is 3.08. The molecule has 0 heterocycles. The van der Waals surface area contributed by atoms with Gasteiger partial charge < -0.3 is 0 Å². The maximum atomic E-state index is 2.61. The van der Waals surface area contributed by atoms with E-state index in [1.54, 1.807) is 0 Å². The van der Waals surface area contributed by atoms with Crippen LogP contribution in [0.2, 0.25) is 6.04 Å². The number of hydrogen-bond donors (Lipinski definition) is 0. The van der Waals surface area contributed by atoms with Crippen molar-refractivity contribution in [3.05, 3.63) is 194 Å². The highest BCUT2D eigenvalue weighted by molar-refractivity contribution is 7.15. The minimum Gasteiger partial charge on any atom is -0.0931 e. The molecule has 0 saturated carbocycles. The Morgan fingerprint density at radius 3 is 0.829 bits per heavy atom. The molecule has 6 rings (SSSR count). The highest BCUT2D eigenvalue weighted by Gasteiger charge is 2.40. The van der Waals surface area contributed by atoms with E-state index in [1.165, 1.54) is 31.1 Å². The summed E-state index contributed by atoms with van der Waals surface area (Å²) in [7, 11) is -4.88. The van der Waals surface area contributed by atoms with Gasteiger partial charge in [-0.15, -0.1) is 0 Å². The lowest BCUT2D eigenvalue weighted by molar-refractivity contribution is 1.56. The van der Waals surface area contributed by atoms with Crippen LogP contribution in [0.4, 0.5) is 0 Å². The molecule has 0 aromatic heterocycles. The first kappa shape index (κ1) is 26.7. The molecule has 0 aliphatic rings. The van der Waals surface area contributed by atoms with Crippen molar-refractivity contribution in [1.29, 1.82) is 0 Å². The SMILES string of the molecule is C(=C\[Si](c1ccccc1)(c1ccccc1)c1ccccc1)/C[Si](c1ccccc1)(c1ccccc1)c1ccccc1. The van der Waals surface area contributed by atoms with Gasteiger partial charge >= 0.3 is 0 Å². The van der Waals surface area contributed by atoms with Gasteiger partial charge in [0.05, 0.1) is 0 Å². The predicted octanol–water partition coefficient (Wildman–Crippen LogP) is 5.42. The zero-order chi connectivity index (χ0) is 27.8. The van der Waals surface area contributed by atoms with E-state index < -0.39 is 16.1 Å². The van der Waals surface area contributed by atoms with E-state index >= 15 is 0 Å². The fraction of sp³-hybridized carbons (Fsp3) is 0.0256. The first-order chi connectivity index (χ1) is 20.3. The van der Waals surface area contributed by atoms with E-state index in [1.807, 2.05) is 0 Å². The summed E-state index contributed by atoms with van der Waals surface area (Å²) in [5.74, 6) is 0. The molecule has 0 bridgehead atoms. The molecule has 2 heteroatoms. The van der Waals surface area contributed by atoms with Gasteiger partial charge in [0.1, 0.15) is 0 Å². The number of benzene rings is 6. The Labute approximate surface area is 246 Å². The third kappa shape index (κ3) is 5.20. The van der Waals surface area contributed by atoms with Crippen molar-refractivity contribution >= 4 is 47.3 Å². The van der Waals surface area contributed by atoms with Crippen LogP contribution in [-0.2, 0) is 0 Å². The molecule has 0 nitrogen and oxygen atoms in total. The largest absolute Gasteiger partial charge is 0.172 e. The lowest BCUT2D eigenvalue weighted by atomic mass is 10.3. The van der Waals surface area contributed by atoms with Crippen LogP contribution in [0.5, 0.6) is 0 Å². The zero-order valence-corrected chi connectivity index (χ0v) is 25.2. The highest BCUT2D eigenvalue weighted by Crippen LogP contribution is 2.17. The van der Waals surface area contributed by atoms with Gasteiger partial charge in [0.15, 0.2) is 16.1 Å². The van der Waals surface area contributed by atoms with Crippen molar-refractivity contribution in [2.45, 2.75) is 6.04 Å². The summed E-state index contributed by atoms with van der Waals surface area (Å²) in [6, 6.07) is 68.1. The Kier molecular flexibility index (Phi) is 8.04. The normalized spacial score (nSPS) is 11.9. The Morgan fingerprint density at radius 1 is 0.317 bits per heavy atom. The van der Waals surface area contributed by atoms with Gasteiger partial charge in [-0.05, 0) is 37.2 Å². The summed E-state index contributed by atoms with van der Waals surface area (Å²) in [4.78, 5) is 0. The van der Waals surface area contributed by atoms with Crippen molar-refractivity contribution in [3.8, 4) is 0 Å². The second-order valence-corrected chi connectivity index (χ2v) is 18.1. The average molecular weight is 559 g/mol. The molecule has 0 atom stereocenters. The van der Waals surface area contributed by atoms with Gasteiger partial charge in [0.2, 0.25) is 0 Å². The molecule has 0 unspecified atom stereocenters. The molecule has 0 saturated heterocycles. The molecule has 41 heavy (non-hydrogen) atoms. The van der Waals surface area contributed by atoms with Gasteiger partial charge in [-0.1, -0.05) is 194 Å². The Hall–Kier alpha value is -4.51. The zero-order valence-electron chi connectivity index (χ0n) is 23.2. The van der Waals surface area contributed by atoms with Crippen molar-refractivity contribution in [2.24, 2.45) is 0 Å². The van der Waals surface area contributed by atoms with E-state index in [9.17, 15) is 0 Å².